The predicted molar refractivity (Wildman–Crippen MR) is 71.0 cm³/mol. The van der Waals surface area contributed by atoms with E-state index in [1.54, 1.807) is 12.4 Å². The SMILES string of the molecule is CC[PH](CC)(CC)CCOC.N#CNC#N. The molecule has 0 saturated carbocycles. The molecule has 0 aliphatic carbocycles. The van der Waals surface area contributed by atoms with Crippen molar-refractivity contribution in [3.63, 3.8) is 0 Å². The summed E-state index contributed by atoms with van der Waals surface area (Å²) in [6, 6.07) is 0. The van der Waals surface area contributed by atoms with Crippen molar-refractivity contribution in [1.29, 1.82) is 10.5 Å². The van der Waals surface area contributed by atoms with Crippen molar-refractivity contribution in [2.24, 2.45) is 0 Å². The third kappa shape index (κ3) is 8.48. The van der Waals surface area contributed by atoms with Gasteiger partial charge in [-0.05, 0) is 0 Å². The van der Waals surface area contributed by atoms with Crippen LogP contribution in [-0.2, 0) is 4.74 Å². The molecule has 0 heterocycles. The summed E-state index contributed by atoms with van der Waals surface area (Å²) in [4.78, 5) is 0. The van der Waals surface area contributed by atoms with E-state index in [-0.39, 0.29) is 0 Å². The fraction of sp³-hybridized carbons (Fsp3) is 0.818. The molecule has 0 unspecified atom stereocenters. The maximum atomic E-state index is 7.48. The first kappa shape index (κ1) is 17.6. The van der Waals surface area contributed by atoms with E-state index in [4.69, 9.17) is 15.3 Å². The van der Waals surface area contributed by atoms with Gasteiger partial charge in [0.05, 0.1) is 0 Å². The molecule has 0 aliphatic rings. The number of hydrogen-bond donors (Lipinski definition) is 1. The maximum Gasteiger partial charge on any atom is 0.190 e. The largest absolute Gasteiger partial charge is 0.229 e. The second-order valence-corrected chi connectivity index (χ2v) is 9.27. The fourth-order valence-electron chi connectivity index (χ4n) is 1.62. The van der Waals surface area contributed by atoms with Gasteiger partial charge in [0.2, 0.25) is 0 Å². The Hall–Kier alpha value is -0.830. The molecular formula is C11H24N3OP. The molecule has 0 spiro atoms. The van der Waals surface area contributed by atoms with Crippen molar-refractivity contribution in [2.75, 3.05) is 38.4 Å². The first-order valence-corrected chi connectivity index (χ1v) is 8.51. The number of hydrogen-bond acceptors (Lipinski definition) is 4. The summed E-state index contributed by atoms with van der Waals surface area (Å²) >= 11 is 0. The molecule has 0 aromatic rings. The Bertz CT molecular complexity index is 208. The van der Waals surface area contributed by atoms with Crippen LogP contribution in [0.2, 0.25) is 0 Å². The van der Waals surface area contributed by atoms with Crippen molar-refractivity contribution < 1.29 is 4.74 Å². The summed E-state index contributed by atoms with van der Waals surface area (Å²) in [6.07, 6.45) is 8.43. The summed E-state index contributed by atoms with van der Waals surface area (Å²) < 4.78 is 5.14. The number of rotatable bonds is 6. The van der Waals surface area contributed by atoms with Crippen LogP contribution in [0.5, 0.6) is 0 Å². The van der Waals surface area contributed by atoms with Gasteiger partial charge in [-0.15, -0.1) is 0 Å². The van der Waals surface area contributed by atoms with E-state index in [2.05, 4.69) is 20.8 Å². The average Bonchev–Trinajstić information content (AvgIpc) is 2.34. The third-order valence-electron chi connectivity index (χ3n) is 3.20. The topological polar surface area (TPSA) is 68.8 Å². The number of nitrogens with zero attached hydrogens (tertiary/aromatic N) is 2. The maximum absolute atomic E-state index is 7.48. The molecule has 0 aromatic heterocycles. The minimum absolute atomic E-state index is 0.863. The molecule has 0 amide bonds. The number of nitriles is 2. The van der Waals surface area contributed by atoms with Gasteiger partial charge in [0.1, 0.15) is 0 Å². The molecule has 0 radical (unpaired) electrons. The summed E-state index contributed by atoms with van der Waals surface area (Å²) in [6.45, 7) is 8.00. The Morgan fingerprint density at radius 1 is 1.06 bits per heavy atom. The molecule has 1 N–H and O–H groups in total. The van der Waals surface area contributed by atoms with Crippen molar-refractivity contribution in [3.8, 4) is 12.4 Å². The zero-order valence-corrected chi connectivity index (χ0v) is 11.8. The normalized spacial score (nSPS) is 10.4. The van der Waals surface area contributed by atoms with E-state index < -0.39 is 7.26 Å². The van der Waals surface area contributed by atoms with Crippen LogP contribution in [0.25, 0.3) is 0 Å². The zero-order valence-electron chi connectivity index (χ0n) is 10.8. The smallest absolute Gasteiger partial charge is 0.190 e. The second kappa shape index (κ2) is 12.2. The summed E-state index contributed by atoms with van der Waals surface area (Å²) in [5.41, 5.74) is 0. The number of ether oxygens (including phenoxy) is 1. The van der Waals surface area contributed by atoms with Crippen LogP contribution in [0.1, 0.15) is 20.8 Å². The van der Waals surface area contributed by atoms with Gasteiger partial charge in [-0.3, -0.25) is 0 Å². The molecule has 0 fully saturated rings. The molecule has 0 aliphatic heterocycles. The number of methoxy groups -OCH3 is 1. The zero-order chi connectivity index (χ0) is 12.9. The van der Waals surface area contributed by atoms with Gasteiger partial charge in [-0.2, -0.15) is 10.5 Å². The Balaban J connectivity index is 0. The molecule has 0 saturated heterocycles. The predicted octanol–water partition coefficient (Wildman–Crippen LogP) is 1.98. The van der Waals surface area contributed by atoms with Gasteiger partial charge in [0.15, 0.2) is 12.4 Å². The first-order chi connectivity index (χ1) is 7.66. The van der Waals surface area contributed by atoms with Crippen LogP contribution in [0, 0.1) is 22.9 Å². The molecule has 0 atom stereocenters. The van der Waals surface area contributed by atoms with E-state index >= 15 is 0 Å². The quantitative estimate of drug-likeness (QED) is 0.441. The minimum Gasteiger partial charge on any atom is -0.229 e. The molecule has 0 rings (SSSR count). The van der Waals surface area contributed by atoms with Gasteiger partial charge in [-0.1, -0.05) is 0 Å². The second-order valence-electron chi connectivity index (χ2n) is 3.65. The Morgan fingerprint density at radius 3 is 1.69 bits per heavy atom. The number of nitrogens with one attached hydrogen (secondary N) is 1. The van der Waals surface area contributed by atoms with Gasteiger partial charge < -0.3 is 0 Å². The molecule has 0 bridgehead atoms. The molecular weight excluding hydrogens is 221 g/mol. The Labute approximate surface area is 99.9 Å². The minimum atomic E-state index is -0.863. The van der Waals surface area contributed by atoms with Crippen molar-refractivity contribution in [1.82, 2.24) is 5.32 Å². The molecule has 16 heavy (non-hydrogen) atoms. The average molecular weight is 245 g/mol. The van der Waals surface area contributed by atoms with Crippen LogP contribution in [0.3, 0.4) is 0 Å². The Morgan fingerprint density at radius 2 is 1.50 bits per heavy atom. The van der Waals surface area contributed by atoms with E-state index in [9.17, 15) is 0 Å². The van der Waals surface area contributed by atoms with Crippen molar-refractivity contribution in [3.05, 3.63) is 0 Å². The molecule has 4 nitrogen and oxygen atoms in total. The summed E-state index contributed by atoms with van der Waals surface area (Å²) in [7, 11) is 0.942. The van der Waals surface area contributed by atoms with Crippen molar-refractivity contribution >= 4 is 7.26 Å². The van der Waals surface area contributed by atoms with Crippen LogP contribution in [-0.4, -0.2) is 38.4 Å². The summed E-state index contributed by atoms with van der Waals surface area (Å²) in [5, 5.41) is 16.7. The third-order valence-corrected chi connectivity index (χ3v) is 8.96. The van der Waals surface area contributed by atoms with Gasteiger partial charge in [0, 0.05) is 0 Å². The van der Waals surface area contributed by atoms with Crippen LogP contribution in [0.15, 0.2) is 0 Å². The van der Waals surface area contributed by atoms with Crippen LogP contribution < -0.4 is 5.32 Å². The van der Waals surface area contributed by atoms with Gasteiger partial charge in [-0.25, -0.2) is 5.32 Å². The van der Waals surface area contributed by atoms with Gasteiger partial charge in [0.25, 0.3) is 0 Å². The summed E-state index contributed by atoms with van der Waals surface area (Å²) in [5.74, 6) is 0. The van der Waals surface area contributed by atoms with Gasteiger partial charge >= 0.3 is 71.1 Å². The first-order valence-electron chi connectivity index (χ1n) is 5.68. The van der Waals surface area contributed by atoms with E-state index in [1.165, 1.54) is 37.0 Å². The van der Waals surface area contributed by atoms with Crippen LogP contribution in [0.4, 0.5) is 0 Å². The standard InChI is InChI=1S/C9H23OP.C2HN3/c1-5-11(6-2,7-3)9-8-10-4;3-1-5-2-4/h11H,5-9H2,1-4H3;5H. The fourth-order valence-corrected chi connectivity index (χ4v) is 4.82. The van der Waals surface area contributed by atoms with E-state index in [1.807, 2.05) is 0 Å². The van der Waals surface area contributed by atoms with E-state index in [0.717, 1.165) is 6.61 Å². The van der Waals surface area contributed by atoms with Crippen LogP contribution >= 0.6 is 7.26 Å². The molecule has 94 valence electrons. The molecule has 5 heteroatoms. The molecule has 0 aromatic carbocycles. The van der Waals surface area contributed by atoms with E-state index in [0.29, 0.717) is 0 Å². The Kier molecular flexibility index (Phi) is 13.4. The monoisotopic (exact) mass is 245 g/mol. The van der Waals surface area contributed by atoms with Crippen molar-refractivity contribution in [2.45, 2.75) is 20.8 Å².